The molecule has 2 heterocycles. The van der Waals surface area contributed by atoms with Gasteiger partial charge in [-0.15, -0.1) is 0 Å². The van der Waals surface area contributed by atoms with Crippen molar-refractivity contribution in [1.29, 1.82) is 0 Å². The van der Waals surface area contributed by atoms with Gasteiger partial charge in [-0.3, -0.25) is 4.79 Å². The van der Waals surface area contributed by atoms with Crippen molar-refractivity contribution in [2.45, 2.75) is 42.9 Å². The Kier molecular flexibility index (Phi) is 5.95. The lowest BCUT2D eigenvalue weighted by Crippen LogP contribution is -2.60. The molecule has 2 aliphatic rings. The minimum atomic E-state index is -1.68. The maximum Gasteiger partial charge on any atom is 0.229 e. The molecule has 0 saturated carbocycles. The topological polar surface area (TPSA) is 186 Å². The summed E-state index contributed by atoms with van der Waals surface area (Å²) in [6.07, 6.45) is -10.4. The molecule has 0 amide bonds. The van der Waals surface area contributed by atoms with Crippen LogP contribution in [-0.4, -0.2) is 84.9 Å². The van der Waals surface area contributed by atoms with Crippen LogP contribution in [0.3, 0.4) is 0 Å². The predicted molar refractivity (Wildman–Crippen MR) is 104 cm³/mol. The molecule has 0 bridgehead atoms. The lowest BCUT2D eigenvalue weighted by Gasteiger charge is -2.39. The molecule has 2 aliphatic heterocycles. The first kappa shape index (κ1) is 22.3. The summed E-state index contributed by atoms with van der Waals surface area (Å²) in [7, 11) is 0. The van der Waals surface area contributed by atoms with Crippen LogP contribution >= 0.6 is 0 Å². The highest BCUT2D eigenvalue weighted by atomic mass is 16.7. The molecule has 7 N–H and O–H groups in total. The van der Waals surface area contributed by atoms with Gasteiger partial charge in [-0.25, -0.2) is 0 Å². The van der Waals surface area contributed by atoms with Crippen LogP contribution in [0.1, 0.15) is 22.0 Å². The van der Waals surface area contributed by atoms with Crippen molar-refractivity contribution in [1.82, 2.24) is 0 Å². The van der Waals surface area contributed by atoms with E-state index < -0.39 is 61.1 Å². The van der Waals surface area contributed by atoms with Gasteiger partial charge in [-0.1, -0.05) is 12.1 Å². The maximum absolute atomic E-state index is 12.7. The predicted octanol–water partition coefficient (Wildman–Crippen LogP) is -1.05. The van der Waals surface area contributed by atoms with Crippen molar-refractivity contribution >= 4 is 5.78 Å². The lowest BCUT2D eigenvalue weighted by molar-refractivity contribution is -0.277. The van der Waals surface area contributed by atoms with E-state index in [-0.39, 0.29) is 22.8 Å². The van der Waals surface area contributed by atoms with Crippen molar-refractivity contribution in [3.63, 3.8) is 0 Å². The summed E-state index contributed by atoms with van der Waals surface area (Å²) in [6.45, 7) is -0.649. The van der Waals surface area contributed by atoms with Crippen LogP contribution in [0.2, 0.25) is 0 Å². The van der Waals surface area contributed by atoms with E-state index in [0.29, 0.717) is 5.56 Å². The number of aliphatic hydroxyl groups is 5. The van der Waals surface area contributed by atoms with Crippen LogP contribution in [0.5, 0.6) is 23.0 Å². The first-order chi connectivity index (χ1) is 15.2. The summed E-state index contributed by atoms with van der Waals surface area (Å²) in [4.78, 5) is 12.7. The summed E-state index contributed by atoms with van der Waals surface area (Å²) < 4.78 is 16.5. The third-order valence-corrected chi connectivity index (χ3v) is 5.43. The second kappa shape index (κ2) is 8.54. The van der Waals surface area contributed by atoms with Crippen LogP contribution < -0.4 is 9.47 Å². The van der Waals surface area contributed by atoms with Crippen molar-refractivity contribution in [2.75, 3.05) is 6.61 Å². The van der Waals surface area contributed by atoms with Gasteiger partial charge >= 0.3 is 0 Å². The largest absolute Gasteiger partial charge is 0.508 e. The van der Waals surface area contributed by atoms with Crippen LogP contribution in [-0.2, 0) is 4.74 Å². The maximum atomic E-state index is 12.7. The molecular weight excluding hydrogens is 428 g/mol. The summed E-state index contributed by atoms with van der Waals surface area (Å²) in [5, 5.41) is 69.4. The fourth-order valence-electron chi connectivity index (χ4n) is 3.68. The number of hydrogen-bond donors (Lipinski definition) is 7. The Labute approximate surface area is 181 Å². The number of fused-ring (bicyclic) bond motifs is 1. The van der Waals surface area contributed by atoms with Crippen LogP contribution in [0.4, 0.5) is 0 Å². The first-order valence-electron chi connectivity index (χ1n) is 9.73. The average Bonchev–Trinajstić information content (AvgIpc) is 2.77. The normalized spacial score (nSPS) is 32.2. The number of aromatic hydroxyl groups is 2. The molecule has 2 aromatic rings. The standard InChI is InChI=1S/C21H22O11/c22-7-13-15(25)17(27)19(29)21(32-13)30-10-5-11(24)14-12(6-10)31-20(18(28)16(14)26)8-1-3-9(23)4-2-8/h1-6,13,15,17-25,27-29H,7H2/t13-,15-,17+,18?,19-,20?,21-/m1/s1. The SMILES string of the molecule is O=C1c2c(O)cc(O[C@@H]3O[C@H](CO)[C@@H](O)[C@H](O)[C@H]3O)cc2OC(c2ccc(O)cc2)C1O. The van der Waals surface area contributed by atoms with Gasteiger partial charge in [-0.05, 0) is 17.7 Å². The summed E-state index contributed by atoms with van der Waals surface area (Å²) >= 11 is 0. The van der Waals surface area contributed by atoms with Gasteiger partial charge in [0.15, 0.2) is 12.2 Å². The molecule has 0 aliphatic carbocycles. The smallest absolute Gasteiger partial charge is 0.229 e. The molecule has 7 atom stereocenters. The average molecular weight is 450 g/mol. The van der Waals surface area contributed by atoms with Gasteiger partial charge in [-0.2, -0.15) is 0 Å². The molecule has 2 aromatic carbocycles. The van der Waals surface area contributed by atoms with Gasteiger partial charge in [0.25, 0.3) is 0 Å². The number of rotatable bonds is 4. The summed E-state index contributed by atoms with van der Waals surface area (Å²) in [5.41, 5.74) is 0.128. The Bertz CT molecular complexity index is 990. The Morgan fingerprint density at radius 3 is 2.28 bits per heavy atom. The van der Waals surface area contributed by atoms with Gasteiger partial charge < -0.3 is 50.0 Å². The third kappa shape index (κ3) is 3.86. The molecular formula is C21H22O11. The van der Waals surface area contributed by atoms with Crippen molar-refractivity contribution < 1.29 is 54.8 Å². The fraction of sp³-hybridized carbons (Fsp3) is 0.381. The summed E-state index contributed by atoms with van der Waals surface area (Å²) in [6, 6.07) is 7.93. The van der Waals surface area contributed by atoms with E-state index in [9.17, 15) is 40.5 Å². The van der Waals surface area contributed by atoms with E-state index in [1.54, 1.807) is 0 Å². The number of hydrogen-bond acceptors (Lipinski definition) is 11. The Balaban J connectivity index is 1.63. The molecule has 11 heteroatoms. The highest BCUT2D eigenvalue weighted by Gasteiger charge is 2.45. The molecule has 0 aromatic heterocycles. The zero-order valence-corrected chi connectivity index (χ0v) is 16.5. The number of phenolic OH excluding ortho intramolecular Hbond substituents is 2. The Hall–Kier alpha value is -2.93. The molecule has 4 rings (SSSR count). The number of ketones is 1. The number of benzene rings is 2. The van der Waals surface area contributed by atoms with E-state index in [2.05, 4.69) is 0 Å². The van der Waals surface area contributed by atoms with E-state index in [1.807, 2.05) is 0 Å². The second-order valence-electron chi connectivity index (χ2n) is 7.57. The molecule has 0 radical (unpaired) electrons. The van der Waals surface area contributed by atoms with Crippen LogP contribution in [0.25, 0.3) is 0 Å². The lowest BCUT2D eigenvalue weighted by atomic mass is 9.93. The third-order valence-electron chi connectivity index (χ3n) is 5.43. The van der Waals surface area contributed by atoms with E-state index in [4.69, 9.17) is 14.2 Å². The Morgan fingerprint density at radius 1 is 0.938 bits per heavy atom. The minimum Gasteiger partial charge on any atom is -0.508 e. The molecule has 2 unspecified atom stereocenters. The second-order valence-corrected chi connectivity index (χ2v) is 7.57. The molecule has 1 saturated heterocycles. The van der Waals surface area contributed by atoms with Gasteiger partial charge in [0.2, 0.25) is 12.1 Å². The number of carbonyl (C=O) groups is 1. The highest BCUT2D eigenvalue weighted by Crippen LogP contribution is 2.42. The van der Waals surface area contributed by atoms with Crippen LogP contribution in [0, 0.1) is 0 Å². The highest BCUT2D eigenvalue weighted by molar-refractivity contribution is 6.05. The van der Waals surface area contributed by atoms with Gasteiger partial charge in [0.1, 0.15) is 53.0 Å². The minimum absolute atomic E-state index is 0.0152. The zero-order valence-electron chi connectivity index (χ0n) is 16.5. The first-order valence-corrected chi connectivity index (χ1v) is 9.73. The Morgan fingerprint density at radius 2 is 1.62 bits per heavy atom. The number of carbonyl (C=O) groups excluding carboxylic acids is 1. The van der Waals surface area contributed by atoms with E-state index >= 15 is 0 Å². The van der Waals surface area contributed by atoms with Crippen molar-refractivity contribution in [3.8, 4) is 23.0 Å². The quantitative estimate of drug-likeness (QED) is 0.301. The fourth-order valence-corrected chi connectivity index (χ4v) is 3.68. The van der Waals surface area contributed by atoms with Gasteiger partial charge in [0.05, 0.1) is 6.61 Å². The van der Waals surface area contributed by atoms with Crippen molar-refractivity contribution in [3.05, 3.63) is 47.5 Å². The number of phenols is 2. The van der Waals surface area contributed by atoms with Gasteiger partial charge in [0, 0.05) is 12.1 Å². The van der Waals surface area contributed by atoms with Crippen molar-refractivity contribution in [2.24, 2.45) is 0 Å². The monoisotopic (exact) mass is 450 g/mol. The summed E-state index contributed by atoms with van der Waals surface area (Å²) in [5.74, 6) is -1.59. The number of aliphatic hydroxyl groups excluding tert-OH is 5. The molecule has 0 spiro atoms. The van der Waals surface area contributed by atoms with E-state index in [1.165, 1.54) is 30.3 Å². The zero-order chi connectivity index (χ0) is 23.2. The molecule has 1 fully saturated rings. The molecule has 172 valence electrons. The van der Waals surface area contributed by atoms with E-state index in [0.717, 1.165) is 6.07 Å². The number of Topliss-reactive ketones (excluding diaryl/α,β-unsaturated/α-hetero) is 1. The molecule has 11 nitrogen and oxygen atoms in total. The molecule has 32 heavy (non-hydrogen) atoms. The van der Waals surface area contributed by atoms with Crippen LogP contribution in [0.15, 0.2) is 36.4 Å². The number of ether oxygens (including phenoxy) is 3.